The lowest BCUT2D eigenvalue weighted by atomic mass is 9.99. The summed E-state index contributed by atoms with van der Waals surface area (Å²) in [4.78, 5) is 33.4. The molecule has 0 saturated carbocycles. The lowest BCUT2D eigenvalue weighted by Crippen LogP contribution is -2.32. The number of hydrogen-bond acceptors (Lipinski definition) is 6. The molecule has 1 aliphatic heterocycles. The summed E-state index contributed by atoms with van der Waals surface area (Å²) in [6, 6.07) is 8.82. The van der Waals surface area contributed by atoms with E-state index in [1.807, 2.05) is 18.2 Å². The molecule has 1 heterocycles. The van der Waals surface area contributed by atoms with E-state index >= 15 is 0 Å². The first kappa shape index (κ1) is 17.3. The Morgan fingerprint density at radius 3 is 2.62 bits per heavy atom. The molecule has 0 radical (unpaired) electrons. The van der Waals surface area contributed by atoms with Gasteiger partial charge in [-0.25, -0.2) is 0 Å². The van der Waals surface area contributed by atoms with E-state index < -0.39 is 27.1 Å². The van der Waals surface area contributed by atoms with Gasteiger partial charge in [0.05, 0.1) is 34.1 Å². The first-order valence-corrected chi connectivity index (χ1v) is 7.84. The van der Waals surface area contributed by atoms with Gasteiger partial charge >= 0.3 is 0 Å². The second-order valence-corrected chi connectivity index (χ2v) is 5.85. The number of amides is 1. The monoisotopic (exact) mass is 357 g/mol. The number of nitrogens with one attached hydrogen (secondary N) is 1. The van der Waals surface area contributed by atoms with Crippen LogP contribution in [0.25, 0.3) is 0 Å². The van der Waals surface area contributed by atoms with E-state index in [1.165, 1.54) is 6.92 Å². The zero-order valence-corrected chi connectivity index (χ0v) is 13.8. The predicted octanol–water partition coefficient (Wildman–Crippen LogP) is 3.07. The molecule has 2 aromatic carbocycles. The van der Waals surface area contributed by atoms with Crippen LogP contribution in [-0.4, -0.2) is 22.4 Å². The smallest absolute Gasteiger partial charge is 0.279 e. The number of hydrogen-bond donors (Lipinski definition) is 1. The Labute approximate surface area is 147 Å². The predicted molar refractivity (Wildman–Crippen MR) is 91.2 cm³/mol. The van der Waals surface area contributed by atoms with Crippen LogP contribution in [0, 0.1) is 27.2 Å². The minimum Gasteiger partial charge on any atom is -0.493 e. The highest BCUT2D eigenvalue weighted by Crippen LogP contribution is 2.33. The van der Waals surface area contributed by atoms with Crippen LogP contribution in [0.2, 0.25) is 0 Å². The highest BCUT2D eigenvalue weighted by atomic mass is 16.6. The Morgan fingerprint density at radius 2 is 1.92 bits per heavy atom. The fourth-order valence-corrected chi connectivity index (χ4v) is 2.94. The molecule has 26 heavy (non-hydrogen) atoms. The zero-order chi connectivity index (χ0) is 18.8. The number of benzene rings is 2. The van der Waals surface area contributed by atoms with Crippen LogP contribution in [0.5, 0.6) is 5.75 Å². The molecule has 0 spiro atoms. The van der Waals surface area contributed by atoms with Crippen LogP contribution in [0.15, 0.2) is 36.4 Å². The van der Waals surface area contributed by atoms with Crippen molar-refractivity contribution in [3.8, 4) is 5.75 Å². The van der Waals surface area contributed by atoms with Gasteiger partial charge in [0, 0.05) is 23.6 Å². The molecule has 0 aliphatic carbocycles. The molecule has 0 saturated heterocycles. The maximum absolute atomic E-state index is 12.7. The largest absolute Gasteiger partial charge is 0.493 e. The molecular formula is C17H15N3O6. The third-order valence-corrected chi connectivity index (χ3v) is 4.28. The molecule has 134 valence electrons. The van der Waals surface area contributed by atoms with Gasteiger partial charge in [-0.15, -0.1) is 0 Å². The molecule has 1 atom stereocenters. The van der Waals surface area contributed by atoms with Crippen LogP contribution in [0.1, 0.15) is 33.9 Å². The van der Waals surface area contributed by atoms with Gasteiger partial charge in [0.25, 0.3) is 17.3 Å². The number of nitro benzene ring substituents is 2. The Bertz CT molecular complexity index is 911. The molecule has 1 aliphatic rings. The van der Waals surface area contributed by atoms with Gasteiger partial charge in [-0.3, -0.25) is 25.0 Å². The molecule has 9 nitrogen and oxygen atoms in total. The number of nitro groups is 2. The number of carbonyl (C=O) groups excluding carboxylic acids is 1. The third kappa shape index (κ3) is 3.18. The van der Waals surface area contributed by atoms with Gasteiger partial charge < -0.3 is 10.1 Å². The molecule has 0 aromatic heterocycles. The number of nitrogens with zero attached hydrogens (tertiary/aromatic N) is 2. The Kier molecular flexibility index (Phi) is 4.53. The standard InChI is InChI=1S/C17H15N3O6/c1-10-13(8-11(19(22)23)9-15(10)20(24)25)17(21)18-14-6-7-26-16-5-3-2-4-12(14)16/h2-5,8-9,14H,6-7H2,1H3,(H,18,21). The topological polar surface area (TPSA) is 125 Å². The summed E-state index contributed by atoms with van der Waals surface area (Å²) >= 11 is 0. The average molecular weight is 357 g/mol. The van der Waals surface area contributed by atoms with E-state index in [2.05, 4.69) is 5.32 Å². The van der Waals surface area contributed by atoms with Gasteiger partial charge in [-0.2, -0.15) is 0 Å². The molecule has 1 unspecified atom stereocenters. The third-order valence-electron chi connectivity index (χ3n) is 4.28. The maximum Gasteiger partial charge on any atom is 0.279 e. The lowest BCUT2D eigenvalue weighted by Gasteiger charge is -2.26. The van der Waals surface area contributed by atoms with Crippen molar-refractivity contribution in [2.24, 2.45) is 0 Å². The van der Waals surface area contributed by atoms with Gasteiger partial charge in [0.1, 0.15) is 5.75 Å². The van der Waals surface area contributed by atoms with Crippen LogP contribution in [0.4, 0.5) is 11.4 Å². The van der Waals surface area contributed by atoms with Crippen molar-refractivity contribution in [3.63, 3.8) is 0 Å². The van der Waals surface area contributed by atoms with Crippen molar-refractivity contribution < 1.29 is 19.4 Å². The highest BCUT2D eigenvalue weighted by Gasteiger charge is 2.28. The van der Waals surface area contributed by atoms with Crippen LogP contribution in [0.3, 0.4) is 0 Å². The summed E-state index contributed by atoms with van der Waals surface area (Å²) in [5.41, 5.74) is -0.172. The SMILES string of the molecule is Cc1c(C(=O)NC2CCOc3ccccc32)cc([N+](=O)[O-])cc1[N+](=O)[O-]. The molecule has 9 heteroatoms. The number of non-ortho nitro benzene ring substituents is 1. The number of rotatable bonds is 4. The van der Waals surface area contributed by atoms with Crippen molar-refractivity contribution in [2.75, 3.05) is 6.61 Å². The Morgan fingerprint density at radius 1 is 1.19 bits per heavy atom. The highest BCUT2D eigenvalue weighted by molar-refractivity contribution is 5.97. The number of fused-ring (bicyclic) bond motifs is 1. The summed E-state index contributed by atoms with van der Waals surface area (Å²) in [7, 11) is 0. The lowest BCUT2D eigenvalue weighted by molar-refractivity contribution is -0.394. The van der Waals surface area contributed by atoms with E-state index in [-0.39, 0.29) is 17.2 Å². The first-order chi connectivity index (χ1) is 12.4. The Balaban J connectivity index is 1.96. The second kappa shape index (κ2) is 6.79. The van der Waals surface area contributed by atoms with Crippen molar-refractivity contribution in [1.29, 1.82) is 0 Å². The normalized spacial score (nSPS) is 15.5. The summed E-state index contributed by atoms with van der Waals surface area (Å²) in [6.45, 7) is 1.81. The summed E-state index contributed by atoms with van der Waals surface area (Å²) in [6.07, 6.45) is 0.527. The second-order valence-electron chi connectivity index (χ2n) is 5.85. The van der Waals surface area contributed by atoms with Crippen molar-refractivity contribution in [2.45, 2.75) is 19.4 Å². The van der Waals surface area contributed by atoms with E-state index in [1.54, 1.807) is 6.07 Å². The quantitative estimate of drug-likeness (QED) is 0.662. The summed E-state index contributed by atoms with van der Waals surface area (Å²) in [5, 5.41) is 25.0. The fraction of sp³-hybridized carbons (Fsp3) is 0.235. The Hall–Kier alpha value is -3.49. The summed E-state index contributed by atoms with van der Waals surface area (Å²) < 4.78 is 5.54. The van der Waals surface area contributed by atoms with Crippen molar-refractivity contribution in [1.82, 2.24) is 5.32 Å². The van der Waals surface area contributed by atoms with E-state index in [9.17, 15) is 25.0 Å². The van der Waals surface area contributed by atoms with Crippen molar-refractivity contribution in [3.05, 3.63) is 73.3 Å². The molecular weight excluding hydrogens is 342 g/mol. The first-order valence-electron chi connectivity index (χ1n) is 7.84. The number of para-hydroxylation sites is 1. The summed E-state index contributed by atoms with van der Waals surface area (Å²) in [5.74, 6) is 0.0572. The number of carbonyl (C=O) groups is 1. The van der Waals surface area contributed by atoms with Crippen LogP contribution >= 0.6 is 0 Å². The average Bonchev–Trinajstić information content (AvgIpc) is 2.61. The van der Waals surface area contributed by atoms with Gasteiger partial charge in [0.15, 0.2) is 0 Å². The van der Waals surface area contributed by atoms with E-state index in [0.717, 1.165) is 17.7 Å². The maximum atomic E-state index is 12.7. The van der Waals surface area contributed by atoms with Crippen molar-refractivity contribution >= 4 is 17.3 Å². The zero-order valence-electron chi connectivity index (χ0n) is 13.8. The van der Waals surface area contributed by atoms with E-state index in [4.69, 9.17) is 4.74 Å². The molecule has 0 bridgehead atoms. The van der Waals surface area contributed by atoms with Gasteiger partial charge in [-0.05, 0) is 13.0 Å². The van der Waals surface area contributed by atoms with E-state index in [0.29, 0.717) is 18.8 Å². The minimum atomic E-state index is -0.757. The van der Waals surface area contributed by atoms with Crippen LogP contribution in [-0.2, 0) is 0 Å². The van der Waals surface area contributed by atoms with Gasteiger partial charge in [0.2, 0.25) is 0 Å². The molecule has 1 N–H and O–H groups in total. The number of ether oxygens (including phenoxy) is 1. The molecule has 0 fully saturated rings. The minimum absolute atomic E-state index is 0.0819. The molecule has 1 amide bonds. The van der Waals surface area contributed by atoms with Crippen LogP contribution < -0.4 is 10.1 Å². The van der Waals surface area contributed by atoms with Gasteiger partial charge in [-0.1, -0.05) is 18.2 Å². The fourth-order valence-electron chi connectivity index (χ4n) is 2.94. The molecule has 3 rings (SSSR count). The molecule has 2 aromatic rings.